The first kappa shape index (κ1) is 9.77. The minimum absolute atomic E-state index is 0.445. The van der Waals surface area contributed by atoms with Gasteiger partial charge >= 0.3 is 0 Å². The lowest BCUT2D eigenvalue weighted by atomic mass is 10.1. The van der Waals surface area contributed by atoms with E-state index < -0.39 is 5.95 Å². The van der Waals surface area contributed by atoms with Gasteiger partial charge in [-0.25, -0.2) is 4.98 Å². The van der Waals surface area contributed by atoms with Crippen LogP contribution in [0.3, 0.4) is 0 Å². The SMILES string of the molecule is Cc1cc(F)nc(-c2ccnc(C)c2)c1. The standard InChI is InChI=1S/C12H11FN2/c1-8-5-11(15-12(13)6-8)10-3-4-14-9(2)7-10/h3-7H,1-2H3. The molecule has 15 heavy (non-hydrogen) atoms. The molecule has 0 spiro atoms. The maximum atomic E-state index is 13.1. The maximum Gasteiger partial charge on any atom is 0.213 e. The fourth-order valence-corrected chi connectivity index (χ4v) is 1.48. The van der Waals surface area contributed by atoms with Crippen LogP contribution in [-0.2, 0) is 0 Å². The minimum atomic E-state index is -0.445. The Morgan fingerprint density at radius 2 is 1.93 bits per heavy atom. The van der Waals surface area contributed by atoms with E-state index in [1.165, 1.54) is 6.07 Å². The first-order chi connectivity index (χ1) is 7.15. The number of halogens is 1. The molecule has 0 N–H and O–H groups in total. The second-order valence-electron chi connectivity index (χ2n) is 3.54. The quantitative estimate of drug-likeness (QED) is 0.664. The summed E-state index contributed by atoms with van der Waals surface area (Å²) in [5.74, 6) is -0.445. The van der Waals surface area contributed by atoms with Crippen LogP contribution in [0.15, 0.2) is 30.5 Å². The number of nitrogens with zero attached hydrogens (tertiary/aromatic N) is 2. The molecular weight excluding hydrogens is 191 g/mol. The summed E-state index contributed by atoms with van der Waals surface area (Å²) in [7, 11) is 0. The molecule has 2 aromatic rings. The van der Waals surface area contributed by atoms with Crippen LogP contribution in [0.2, 0.25) is 0 Å². The van der Waals surface area contributed by atoms with E-state index in [0.29, 0.717) is 5.69 Å². The summed E-state index contributed by atoms with van der Waals surface area (Å²) in [6, 6.07) is 6.99. The Hall–Kier alpha value is -1.77. The van der Waals surface area contributed by atoms with Crippen molar-refractivity contribution in [1.29, 1.82) is 0 Å². The van der Waals surface area contributed by atoms with Crippen LogP contribution < -0.4 is 0 Å². The summed E-state index contributed by atoms with van der Waals surface area (Å²) >= 11 is 0. The Morgan fingerprint density at radius 1 is 1.13 bits per heavy atom. The monoisotopic (exact) mass is 202 g/mol. The topological polar surface area (TPSA) is 25.8 Å². The molecule has 2 heterocycles. The predicted molar refractivity (Wildman–Crippen MR) is 56.9 cm³/mol. The van der Waals surface area contributed by atoms with Gasteiger partial charge in [0.25, 0.3) is 0 Å². The molecule has 3 heteroatoms. The molecule has 0 atom stereocenters. The van der Waals surface area contributed by atoms with Crippen LogP contribution in [-0.4, -0.2) is 9.97 Å². The van der Waals surface area contributed by atoms with E-state index in [0.717, 1.165) is 16.8 Å². The summed E-state index contributed by atoms with van der Waals surface area (Å²) in [5, 5.41) is 0. The van der Waals surface area contributed by atoms with E-state index in [1.54, 1.807) is 6.20 Å². The highest BCUT2D eigenvalue weighted by atomic mass is 19.1. The summed E-state index contributed by atoms with van der Waals surface area (Å²) in [4.78, 5) is 7.94. The van der Waals surface area contributed by atoms with Crippen LogP contribution in [0.25, 0.3) is 11.3 Å². The zero-order chi connectivity index (χ0) is 10.8. The molecule has 0 saturated carbocycles. The van der Waals surface area contributed by atoms with Gasteiger partial charge in [0.05, 0.1) is 5.69 Å². The lowest BCUT2D eigenvalue weighted by Gasteiger charge is -2.03. The van der Waals surface area contributed by atoms with Crippen LogP contribution in [0.4, 0.5) is 4.39 Å². The molecule has 0 fully saturated rings. The number of rotatable bonds is 1. The number of aromatic nitrogens is 2. The molecule has 2 aromatic heterocycles. The van der Waals surface area contributed by atoms with Crippen LogP contribution in [0.5, 0.6) is 0 Å². The van der Waals surface area contributed by atoms with Gasteiger partial charge in [0.2, 0.25) is 5.95 Å². The number of hydrogen-bond donors (Lipinski definition) is 0. The number of pyridine rings is 2. The molecule has 2 nitrogen and oxygen atoms in total. The molecule has 0 aliphatic rings. The normalized spacial score (nSPS) is 10.3. The highest BCUT2D eigenvalue weighted by Gasteiger charge is 2.03. The molecule has 0 aliphatic carbocycles. The third-order valence-corrected chi connectivity index (χ3v) is 2.13. The lowest BCUT2D eigenvalue weighted by Crippen LogP contribution is -1.91. The third kappa shape index (κ3) is 2.18. The van der Waals surface area contributed by atoms with Crippen molar-refractivity contribution in [2.24, 2.45) is 0 Å². The van der Waals surface area contributed by atoms with E-state index >= 15 is 0 Å². The lowest BCUT2D eigenvalue weighted by molar-refractivity contribution is 0.584. The first-order valence-corrected chi connectivity index (χ1v) is 4.72. The third-order valence-electron chi connectivity index (χ3n) is 2.13. The van der Waals surface area contributed by atoms with E-state index in [-0.39, 0.29) is 0 Å². The summed E-state index contributed by atoms with van der Waals surface area (Å²) in [6.45, 7) is 3.75. The van der Waals surface area contributed by atoms with E-state index in [2.05, 4.69) is 9.97 Å². The summed E-state index contributed by atoms with van der Waals surface area (Å²) in [6.07, 6.45) is 1.70. The zero-order valence-corrected chi connectivity index (χ0v) is 8.66. The van der Waals surface area contributed by atoms with Gasteiger partial charge < -0.3 is 0 Å². The van der Waals surface area contributed by atoms with E-state index in [4.69, 9.17) is 0 Å². The van der Waals surface area contributed by atoms with Gasteiger partial charge in [0.15, 0.2) is 0 Å². The van der Waals surface area contributed by atoms with Gasteiger partial charge in [0, 0.05) is 17.5 Å². The Bertz CT molecular complexity index is 474. The van der Waals surface area contributed by atoms with Crippen molar-refractivity contribution < 1.29 is 4.39 Å². The Labute approximate surface area is 87.8 Å². The first-order valence-electron chi connectivity index (χ1n) is 4.72. The van der Waals surface area contributed by atoms with Gasteiger partial charge in [-0.3, -0.25) is 4.98 Å². The molecule has 0 amide bonds. The van der Waals surface area contributed by atoms with Crippen molar-refractivity contribution >= 4 is 0 Å². The molecule has 0 unspecified atom stereocenters. The van der Waals surface area contributed by atoms with Crippen molar-refractivity contribution in [3.63, 3.8) is 0 Å². The molecule has 2 rings (SSSR count). The molecule has 0 saturated heterocycles. The highest BCUT2D eigenvalue weighted by Crippen LogP contribution is 2.18. The van der Waals surface area contributed by atoms with Gasteiger partial charge in [-0.2, -0.15) is 4.39 Å². The number of hydrogen-bond acceptors (Lipinski definition) is 2. The van der Waals surface area contributed by atoms with Gasteiger partial charge in [-0.05, 0) is 43.7 Å². The summed E-state index contributed by atoms with van der Waals surface area (Å²) < 4.78 is 13.1. The molecule has 0 aliphatic heterocycles. The molecule has 0 bridgehead atoms. The zero-order valence-electron chi connectivity index (χ0n) is 8.66. The summed E-state index contributed by atoms with van der Waals surface area (Å²) in [5.41, 5.74) is 3.31. The Balaban J connectivity index is 2.54. The van der Waals surface area contributed by atoms with Crippen molar-refractivity contribution in [2.75, 3.05) is 0 Å². The second kappa shape index (κ2) is 3.77. The smallest absolute Gasteiger partial charge is 0.213 e. The van der Waals surface area contributed by atoms with E-state index in [9.17, 15) is 4.39 Å². The minimum Gasteiger partial charge on any atom is -0.262 e. The van der Waals surface area contributed by atoms with Crippen LogP contribution >= 0.6 is 0 Å². The average molecular weight is 202 g/mol. The van der Waals surface area contributed by atoms with Crippen molar-refractivity contribution in [3.05, 3.63) is 47.7 Å². The molecular formula is C12H11FN2. The van der Waals surface area contributed by atoms with Crippen LogP contribution in [0, 0.1) is 19.8 Å². The van der Waals surface area contributed by atoms with Crippen molar-refractivity contribution in [2.45, 2.75) is 13.8 Å². The Morgan fingerprint density at radius 3 is 2.60 bits per heavy atom. The fourth-order valence-electron chi connectivity index (χ4n) is 1.48. The molecule has 0 aromatic carbocycles. The van der Waals surface area contributed by atoms with Crippen molar-refractivity contribution in [1.82, 2.24) is 9.97 Å². The largest absolute Gasteiger partial charge is 0.262 e. The highest BCUT2D eigenvalue weighted by molar-refractivity contribution is 5.59. The molecule has 76 valence electrons. The maximum absolute atomic E-state index is 13.1. The number of aryl methyl sites for hydroxylation is 2. The van der Waals surface area contributed by atoms with E-state index in [1.807, 2.05) is 32.0 Å². The second-order valence-corrected chi connectivity index (χ2v) is 3.54. The molecule has 0 radical (unpaired) electrons. The van der Waals surface area contributed by atoms with Crippen molar-refractivity contribution in [3.8, 4) is 11.3 Å². The Kier molecular flexibility index (Phi) is 2.46. The van der Waals surface area contributed by atoms with Gasteiger partial charge in [0.1, 0.15) is 0 Å². The van der Waals surface area contributed by atoms with Gasteiger partial charge in [-0.1, -0.05) is 0 Å². The van der Waals surface area contributed by atoms with Crippen LogP contribution in [0.1, 0.15) is 11.3 Å². The fraction of sp³-hybridized carbons (Fsp3) is 0.167. The van der Waals surface area contributed by atoms with Gasteiger partial charge in [-0.15, -0.1) is 0 Å². The average Bonchev–Trinajstić information content (AvgIpc) is 2.16. The predicted octanol–water partition coefficient (Wildman–Crippen LogP) is 2.90.